The van der Waals surface area contributed by atoms with E-state index in [1.165, 1.54) is 24.5 Å². The molecule has 7 nitrogen and oxygen atoms in total. The number of hydrogen-bond acceptors (Lipinski definition) is 6. The van der Waals surface area contributed by atoms with Gasteiger partial charge in [0.25, 0.3) is 5.91 Å². The van der Waals surface area contributed by atoms with Crippen LogP contribution in [0.1, 0.15) is 47.6 Å². The molecule has 0 aliphatic heterocycles. The number of carbonyl (C=O) groups is 1. The van der Waals surface area contributed by atoms with Crippen molar-refractivity contribution in [2.75, 3.05) is 11.6 Å². The molecule has 0 saturated heterocycles. The number of benzene rings is 1. The highest BCUT2D eigenvalue weighted by atomic mass is 32.2. The zero-order valence-electron chi connectivity index (χ0n) is 17.1. The molecule has 1 saturated carbocycles. The van der Waals surface area contributed by atoms with Gasteiger partial charge in [-0.1, -0.05) is 18.2 Å². The molecule has 1 fully saturated rings. The van der Waals surface area contributed by atoms with E-state index in [0.717, 1.165) is 30.1 Å². The third kappa shape index (κ3) is 5.85. The largest absolute Gasteiger partial charge is 0.375 e. The minimum Gasteiger partial charge on any atom is -0.375 e. The van der Waals surface area contributed by atoms with Gasteiger partial charge in [-0.05, 0) is 49.8 Å². The number of nitrogens with zero attached hydrogens (tertiary/aromatic N) is 2. The van der Waals surface area contributed by atoms with Crippen LogP contribution in [0, 0.1) is 18.7 Å². The maximum absolute atomic E-state index is 14.0. The van der Waals surface area contributed by atoms with E-state index in [1.807, 2.05) is 6.07 Å². The molecule has 1 amide bonds. The Morgan fingerprint density at radius 2 is 1.93 bits per heavy atom. The molecule has 30 heavy (non-hydrogen) atoms. The van der Waals surface area contributed by atoms with Crippen LogP contribution in [0.15, 0.2) is 42.1 Å². The molecular formula is C21H25FN4O3S. The number of hydrogen-bond donors (Lipinski definition) is 2. The standard InChI is InChI=1S/C21H25FN4O3S/c1-13(9-10-30(3,28)29)25-21(27)20-23-11-16(12-24-20)26-19(15-7-8-15)17-5-4-6-18(22)14(17)2/h4-6,9-13,15,19,26H,7-8H2,1-3H3,(H,25,27)/b10-9+/t13-,19-/m1/s1. The van der Waals surface area contributed by atoms with Crippen LogP contribution in [0.4, 0.5) is 10.1 Å². The van der Waals surface area contributed by atoms with Gasteiger partial charge in [-0.2, -0.15) is 0 Å². The van der Waals surface area contributed by atoms with Crippen LogP contribution in [0.3, 0.4) is 0 Å². The van der Waals surface area contributed by atoms with Gasteiger partial charge in [0.2, 0.25) is 5.82 Å². The summed E-state index contributed by atoms with van der Waals surface area (Å²) >= 11 is 0. The van der Waals surface area contributed by atoms with Gasteiger partial charge in [-0.15, -0.1) is 0 Å². The summed E-state index contributed by atoms with van der Waals surface area (Å²) < 4.78 is 36.3. The summed E-state index contributed by atoms with van der Waals surface area (Å²) in [5.74, 6) is -0.352. The lowest BCUT2D eigenvalue weighted by molar-refractivity contribution is 0.0936. The van der Waals surface area contributed by atoms with Crippen molar-refractivity contribution in [3.05, 3.63) is 64.8 Å². The molecular weight excluding hydrogens is 407 g/mol. The molecule has 1 aliphatic rings. The predicted molar refractivity (Wildman–Crippen MR) is 113 cm³/mol. The fraction of sp³-hybridized carbons (Fsp3) is 0.381. The molecule has 0 spiro atoms. The highest BCUT2D eigenvalue weighted by molar-refractivity contribution is 7.93. The Morgan fingerprint density at radius 3 is 2.53 bits per heavy atom. The zero-order valence-corrected chi connectivity index (χ0v) is 17.9. The second-order valence-electron chi connectivity index (χ2n) is 7.63. The van der Waals surface area contributed by atoms with Gasteiger partial charge in [-0.25, -0.2) is 22.8 Å². The highest BCUT2D eigenvalue weighted by Gasteiger charge is 2.33. The molecule has 0 bridgehead atoms. The van der Waals surface area contributed by atoms with Gasteiger partial charge in [-0.3, -0.25) is 4.79 Å². The molecule has 160 valence electrons. The number of carbonyl (C=O) groups excluding carboxylic acids is 1. The monoisotopic (exact) mass is 432 g/mol. The number of rotatable bonds is 8. The molecule has 1 aromatic heterocycles. The van der Waals surface area contributed by atoms with Gasteiger partial charge in [0.05, 0.1) is 24.1 Å². The fourth-order valence-electron chi connectivity index (χ4n) is 3.12. The molecule has 2 aromatic rings. The third-order valence-electron chi connectivity index (χ3n) is 4.89. The van der Waals surface area contributed by atoms with Crippen molar-refractivity contribution in [3.8, 4) is 0 Å². The molecule has 0 radical (unpaired) electrons. The van der Waals surface area contributed by atoms with Crippen molar-refractivity contribution in [1.82, 2.24) is 15.3 Å². The van der Waals surface area contributed by atoms with E-state index in [4.69, 9.17) is 0 Å². The Labute approximate surface area is 175 Å². The first kappa shape index (κ1) is 21.9. The SMILES string of the molecule is Cc1c(F)cccc1[C@H](Nc1cnc(C(=O)N[C@H](C)/C=C/S(C)(=O)=O)nc1)C1CC1. The van der Waals surface area contributed by atoms with Gasteiger partial charge < -0.3 is 10.6 Å². The Morgan fingerprint density at radius 1 is 1.27 bits per heavy atom. The van der Waals surface area contributed by atoms with Gasteiger partial charge >= 0.3 is 0 Å². The topological polar surface area (TPSA) is 101 Å². The lowest BCUT2D eigenvalue weighted by atomic mass is 9.97. The van der Waals surface area contributed by atoms with E-state index in [0.29, 0.717) is 17.2 Å². The normalized spacial score (nSPS) is 16.3. The summed E-state index contributed by atoms with van der Waals surface area (Å²) in [7, 11) is -3.26. The second kappa shape index (κ2) is 8.91. The number of anilines is 1. The van der Waals surface area contributed by atoms with E-state index in [9.17, 15) is 17.6 Å². The van der Waals surface area contributed by atoms with E-state index in [1.54, 1.807) is 19.9 Å². The van der Waals surface area contributed by atoms with Crippen LogP contribution in [0.2, 0.25) is 0 Å². The van der Waals surface area contributed by atoms with Crippen molar-refractivity contribution in [2.45, 2.75) is 38.8 Å². The van der Waals surface area contributed by atoms with Crippen molar-refractivity contribution in [2.24, 2.45) is 5.92 Å². The number of nitrogens with one attached hydrogen (secondary N) is 2. The van der Waals surface area contributed by atoms with E-state index < -0.39 is 21.8 Å². The van der Waals surface area contributed by atoms with Gasteiger partial charge in [0.15, 0.2) is 9.84 Å². The number of sulfone groups is 1. The average Bonchev–Trinajstić information content (AvgIpc) is 3.52. The van der Waals surface area contributed by atoms with Crippen LogP contribution >= 0.6 is 0 Å². The summed E-state index contributed by atoms with van der Waals surface area (Å²) in [6.07, 6.45) is 7.62. The van der Waals surface area contributed by atoms with Crippen LogP contribution in [-0.2, 0) is 9.84 Å². The smallest absolute Gasteiger partial charge is 0.289 e. The summed E-state index contributed by atoms with van der Waals surface area (Å²) in [6.45, 7) is 3.42. The molecule has 2 N–H and O–H groups in total. The summed E-state index contributed by atoms with van der Waals surface area (Å²) in [5, 5.41) is 7.03. The highest BCUT2D eigenvalue weighted by Crippen LogP contribution is 2.43. The number of aromatic nitrogens is 2. The van der Waals surface area contributed by atoms with Crippen molar-refractivity contribution < 1.29 is 17.6 Å². The molecule has 1 aliphatic carbocycles. The summed E-state index contributed by atoms with van der Waals surface area (Å²) in [4.78, 5) is 20.5. The van der Waals surface area contributed by atoms with E-state index in [2.05, 4.69) is 20.6 Å². The van der Waals surface area contributed by atoms with Crippen molar-refractivity contribution in [1.29, 1.82) is 0 Å². The number of amides is 1. The first-order valence-electron chi connectivity index (χ1n) is 9.67. The minimum absolute atomic E-state index is 0.0231. The van der Waals surface area contributed by atoms with Crippen LogP contribution < -0.4 is 10.6 Å². The lowest BCUT2D eigenvalue weighted by Crippen LogP contribution is -2.32. The summed E-state index contributed by atoms with van der Waals surface area (Å²) in [6, 6.07) is 4.53. The molecule has 0 unspecified atom stereocenters. The number of halogens is 1. The minimum atomic E-state index is -3.26. The zero-order chi connectivity index (χ0) is 21.9. The van der Waals surface area contributed by atoms with E-state index >= 15 is 0 Å². The Bertz CT molecular complexity index is 1050. The molecule has 1 heterocycles. The fourth-order valence-corrected chi connectivity index (χ4v) is 3.64. The van der Waals surface area contributed by atoms with Crippen molar-refractivity contribution >= 4 is 21.4 Å². The van der Waals surface area contributed by atoms with E-state index in [-0.39, 0.29) is 17.7 Å². The van der Waals surface area contributed by atoms with Gasteiger partial charge in [0.1, 0.15) is 5.82 Å². The van der Waals surface area contributed by atoms with Crippen molar-refractivity contribution in [3.63, 3.8) is 0 Å². The molecule has 2 atom stereocenters. The lowest BCUT2D eigenvalue weighted by Gasteiger charge is -2.22. The Kier molecular flexibility index (Phi) is 6.50. The maximum Gasteiger partial charge on any atom is 0.289 e. The third-order valence-corrected chi connectivity index (χ3v) is 5.54. The van der Waals surface area contributed by atoms with Crippen LogP contribution in [0.25, 0.3) is 0 Å². The average molecular weight is 433 g/mol. The second-order valence-corrected chi connectivity index (χ2v) is 9.56. The molecule has 3 rings (SSSR count). The first-order chi connectivity index (χ1) is 14.1. The van der Waals surface area contributed by atoms with Gasteiger partial charge in [0, 0.05) is 17.7 Å². The van der Waals surface area contributed by atoms with Crippen LogP contribution in [0.5, 0.6) is 0 Å². The quantitative estimate of drug-likeness (QED) is 0.665. The predicted octanol–water partition coefficient (Wildman–Crippen LogP) is 3.16. The Hall–Kier alpha value is -2.81. The molecule has 9 heteroatoms. The summed E-state index contributed by atoms with van der Waals surface area (Å²) in [5.41, 5.74) is 2.16. The molecule has 1 aromatic carbocycles. The Balaban J connectivity index is 1.68. The first-order valence-corrected chi connectivity index (χ1v) is 11.6. The van der Waals surface area contributed by atoms with Crippen LogP contribution in [-0.4, -0.2) is 36.6 Å². The maximum atomic E-state index is 14.0.